The van der Waals surface area contributed by atoms with Crippen LogP contribution >= 0.6 is 11.3 Å². The fourth-order valence-electron chi connectivity index (χ4n) is 1.22. The lowest BCUT2D eigenvalue weighted by Gasteiger charge is -2.15. The van der Waals surface area contributed by atoms with Crippen molar-refractivity contribution in [2.24, 2.45) is 0 Å². The van der Waals surface area contributed by atoms with E-state index in [-0.39, 0.29) is 12.6 Å². The number of urea groups is 1. The Balaban J connectivity index is 2.41. The van der Waals surface area contributed by atoms with E-state index in [1.165, 1.54) is 4.90 Å². The van der Waals surface area contributed by atoms with Gasteiger partial charge < -0.3 is 15.3 Å². The maximum absolute atomic E-state index is 11.5. The van der Waals surface area contributed by atoms with Crippen LogP contribution in [0.5, 0.6) is 0 Å². The molecule has 0 spiro atoms. The molecule has 0 aliphatic carbocycles. The third-order valence-corrected chi connectivity index (χ3v) is 3.46. The number of hydrogen-bond acceptors (Lipinski definition) is 4. The van der Waals surface area contributed by atoms with Gasteiger partial charge in [-0.15, -0.1) is 11.3 Å². The van der Waals surface area contributed by atoms with Crippen LogP contribution in [0.15, 0.2) is 5.38 Å². The third kappa shape index (κ3) is 4.32. The molecule has 6 heteroatoms. The van der Waals surface area contributed by atoms with E-state index in [1.807, 2.05) is 5.38 Å². The summed E-state index contributed by atoms with van der Waals surface area (Å²) in [4.78, 5) is 17.4. The summed E-state index contributed by atoms with van der Waals surface area (Å²) >= 11 is 1.61. The lowest BCUT2D eigenvalue weighted by Crippen LogP contribution is -2.38. The summed E-state index contributed by atoms with van der Waals surface area (Å²) in [5, 5.41) is 14.5. The Morgan fingerprint density at radius 1 is 1.65 bits per heavy atom. The van der Waals surface area contributed by atoms with Crippen molar-refractivity contribution in [3.8, 4) is 0 Å². The summed E-state index contributed by atoms with van der Waals surface area (Å²) in [5.41, 5.74) is 0.879. The van der Waals surface area contributed by atoms with Gasteiger partial charge in [0.05, 0.1) is 23.9 Å². The van der Waals surface area contributed by atoms with E-state index in [0.29, 0.717) is 19.0 Å². The molecule has 1 rings (SSSR count). The molecule has 0 bridgehead atoms. The molecule has 0 aliphatic heterocycles. The van der Waals surface area contributed by atoms with Crippen LogP contribution in [0, 0.1) is 0 Å². The molecule has 0 aromatic carbocycles. The quantitative estimate of drug-likeness (QED) is 0.838. The second-order valence-corrected chi connectivity index (χ2v) is 5.03. The van der Waals surface area contributed by atoms with Gasteiger partial charge in [-0.3, -0.25) is 0 Å². The van der Waals surface area contributed by atoms with Gasteiger partial charge in [0.1, 0.15) is 0 Å². The van der Waals surface area contributed by atoms with Crippen LogP contribution in [-0.4, -0.2) is 41.2 Å². The fraction of sp³-hybridized carbons (Fsp3) is 0.636. The summed E-state index contributed by atoms with van der Waals surface area (Å²) in [6.45, 7) is 4.92. The third-order valence-electron chi connectivity index (χ3n) is 2.27. The molecule has 0 atom stereocenters. The summed E-state index contributed by atoms with van der Waals surface area (Å²) < 4.78 is 0. The van der Waals surface area contributed by atoms with E-state index in [0.717, 1.165) is 10.7 Å². The summed E-state index contributed by atoms with van der Waals surface area (Å²) in [6, 6.07) is -0.196. The Labute approximate surface area is 105 Å². The van der Waals surface area contributed by atoms with Crippen LogP contribution in [-0.2, 0) is 6.54 Å². The van der Waals surface area contributed by atoms with E-state index in [2.05, 4.69) is 24.1 Å². The highest BCUT2D eigenvalue weighted by molar-refractivity contribution is 7.09. The highest BCUT2D eigenvalue weighted by atomic mass is 32.1. The average molecular weight is 257 g/mol. The van der Waals surface area contributed by atoms with Crippen molar-refractivity contribution in [3.05, 3.63) is 16.1 Å². The van der Waals surface area contributed by atoms with Gasteiger partial charge >= 0.3 is 6.03 Å². The topological polar surface area (TPSA) is 65.5 Å². The highest BCUT2D eigenvalue weighted by Gasteiger charge is 2.09. The van der Waals surface area contributed by atoms with Crippen molar-refractivity contribution in [2.45, 2.75) is 26.3 Å². The molecule has 96 valence electrons. The number of thiazole rings is 1. The first kappa shape index (κ1) is 13.9. The molecule has 1 aromatic heterocycles. The van der Waals surface area contributed by atoms with Crippen molar-refractivity contribution >= 4 is 17.4 Å². The number of aliphatic hydroxyl groups excluding tert-OH is 1. The zero-order valence-electron chi connectivity index (χ0n) is 10.4. The summed E-state index contributed by atoms with van der Waals surface area (Å²) in [7, 11) is 1.64. The fourth-order valence-corrected chi connectivity index (χ4v) is 2.06. The predicted octanol–water partition coefficient (Wildman–Crippen LogP) is 1.40. The van der Waals surface area contributed by atoms with Crippen LogP contribution in [0.1, 0.15) is 30.5 Å². The molecule has 0 aliphatic rings. The zero-order valence-corrected chi connectivity index (χ0v) is 11.3. The van der Waals surface area contributed by atoms with Gasteiger partial charge in [0.2, 0.25) is 0 Å². The first-order valence-corrected chi connectivity index (χ1v) is 6.46. The minimum atomic E-state index is -0.196. The Kier molecular flexibility index (Phi) is 5.37. The minimum Gasteiger partial charge on any atom is -0.395 e. The number of nitrogens with one attached hydrogen (secondary N) is 1. The smallest absolute Gasteiger partial charge is 0.317 e. The van der Waals surface area contributed by atoms with Crippen LogP contribution in [0.25, 0.3) is 0 Å². The number of carbonyl (C=O) groups is 1. The maximum atomic E-state index is 11.5. The van der Waals surface area contributed by atoms with Crippen LogP contribution in [0.2, 0.25) is 0 Å². The number of hydrogen-bond donors (Lipinski definition) is 2. The van der Waals surface area contributed by atoms with Gasteiger partial charge in [0, 0.05) is 24.9 Å². The van der Waals surface area contributed by atoms with Crippen LogP contribution in [0.3, 0.4) is 0 Å². The Bertz CT molecular complexity index is 365. The van der Waals surface area contributed by atoms with Gasteiger partial charge in [-0.1, -0.05) is 13.8 Å². The van der Waals surface area contributed by atoms with Crippen LogP contribution in [0.4, 0.5) is 4.79 Å². The number of rotatable bonds is 5. The lowest BCUT2D eigenvalue weighted by atomic mass is 10.2. The highest BCUT2D eigenvalue weighted by Crippen LogP contribution is 2.18. The van der Waals surface area contributed by atoms with E-state index < -0.39 is 0 Å². The number of nitrogens with zero attached hydrogens (tertiary/aromatic N) is 2. The van der Waals surface area contributed by atoms with E-state index in [4.69, 9.17) is 5.11 Å². The molecule has 2 amide bonds. The zero-order chi connectivity index (χ0) is 12.8. The minimum absolute atomic E-state index is 0.0296. The van der Waals surface area contributed by atoms with Crippen molar-refractivity contribution in [1.29, 1.82) is 0 Å². The van der Waals surface area contributed by atoms with E-state index in [9.17, 15) is 4.79 Å². The molecular formula is C11H19N3O2S. The van der Waals surface area contributed by atoms with Gasteiger partial charge in [0.25, 0.3) is 0 Å². The molecule has 5 nitrogen and oxygen atoms in total. The van der Waals surface area contributed by atoms with E-state index >= 15 is 0 Å². The summed E-state index contributed by atoms with van der Waals surface area (Å²) in [6.07, 6.45) is 0. The molecule has 1 aromatic rings. The number of amides is 2. The van der Waals surface area contributed by atoms with E-state index in [1.54, 1.807) is 18.4 Å². The predicted molar refractivity (Wildman–Crippen MR) is 68.2 cm³/mol. The molecule has 2 N–H and O–H groups in total. The number of aromatic nitrogens is 1. The summed E-state index contributed by atoms with van der Waals surface area (Å²) in [5.74, 6) is 0.418. The van der Waals surface area contributed by atoms with Gasteiger partial charge in [-0.2, -0.15) is 0 Å². The molecular weight excluding hydrogens is 238 g/mol. The Morgan fingerprint density at radius 3 is 2.88 bits per heavy atom. The molecule has 0 radical (unpaired) electrons. The first-order valence-electron chi connectivity index (χ1n) is 5.58. The number of likely N-dealkylation sites (N-methyl/N-ethyl adjacent to an activating group) is 1. The Hall–Kier alpha value is -1.14. The van der Waals surface area contributed by atoms with Crippen molar-refractivity contribution in [2.75, 3.05) is 20.2 Å². The molecule has 0 fully saturated rings. The first-order chi connectivity index (χ1) is 8.04. The van der Waals surface area contributed by atoms with Gasteiger partial charge in [0.15, 0.2) is 0 Å². The largest absolute Gasteiger partial charge is 0.395 e. The van der Waals surface area contributed by atoms with Gasteiger partial charge in [-0.25, -0.2) is 9.78 Å². The second-order valence-electron chi connectivity index (χ2n) is 4.14. The normalized spacial score (nSPS) is 10.6. The van der Waals surface area contributed by atoms with Crippen molar-refractivity contribution < 1.29 is 9.90 Å². The van der Waals surface area contributed by atoms with Crippen LogP contribution < -0.4 is 5.32 Å². The SMILES string of the molecule is CC(C)c1nc(CNC(=O)N(C)CCO)cs1. The average Bonchev–Trinajstić information content (AvgIpc) is 2.75. The maximum Gasteiger partial charge on any atom is 0.317 e. The monoisotopic (exact) mass is 257 g/mol. The lowest BCUT2D eigenvalue weighted by molar-refractivity contribution is 0.190. The molecule has 1 heterocycles. The second kappa shape index (κ2) is 6.56. The van der Waals surface area contributed by atoms with Gasteiger partial charge in [-0.05, 0) is 0 Å². The number of aliphatic hydroxyl groups is 1. The van der Waals surface area contributed by atoms with Crippen molar-refractivity contribution in [1.82, 2.24) is 15.2 Å². The van der Waals surface area contributed by atoms with Crippen molar-refractivity contribution in [3.63, 3.8) is 0 Å². The Morgan fingerprint density at radius 2 is 2.35 bits per heavy atom. The number of carbonyl (C=O) groups excluding carboxylic acids is 1. The molecule has 0 saturated carbocycles. The molecule has 17 heavy (non-hydrogen) atoms. The standard InChI is InChI=1S/C11H19N3O2S/c1-8(2)10-13-9(7-17-10)6-12-11(16)14(3)4-5-15/h7-8,15H,4-6H2,1-3H3,(H,12,16). The molecule has 0 unspecified atom stereocenters. The molecule has 0 saturated heterocycles.